The quantitative estimate of drug-likeness (QED) is 0.223. The van der Waals surface area contributed by atoms with Gasteiger partial charge < -0.3 is 5.32 Å². The second-order valence-corrected chi connectivity index (χ2v) is 11.5. The molecule has 7 heteroatoms. The van der Waals surface area contributed by atoms with E-state index < -0.39 is 0 Å². The van der Waals surface area contributed by atoms with E-state index >= 15 is 0 Å². The fourth-order valence-electron chi connectivity index (χ4n) is 5.13. The van der Waals surface area contributed by atoms with Gasteiger partial charge in [0.2, 0.25) is 5.91 Å². The third-order valence-corrected chi connectivity index (χ3v) is 8.39. The minimum Gasteiger partial charge on any atom is -0.345 e. The molecule has 0 spiro atoms. The van der Waals surface area contributed by atoms with Crippen molar-refractivity contribution in [3.05, 3.63) is 106 Å². The van der Waals surface area contributed by atoms with Crippen LogP contribution < -0.4 is 5.32 Å². The minimum absolute atomic E-state index is 0.0627. The number of hydrogen-bond donors (Lipinski definition) is 1. The van der Waals surface area contributed by atoms with Crippen molar-refractivity contribution in [3.8, 4) is 5.69 Å². The minimum atomic E-state index is -0.329. The summed E-state index contributed by atoms with van der Waals surface area (Å²) in [6, 6.07) is 24.3. The largest absolute Gasteiger partial charge is 0.345 e. The molecule has 4 aromatic rings. The van der Waals surface area contributed by atoms with Crippen LogP contribution in [0.4, 0.5) is 0 Å². The number of thioether (sulfide) groups is 1. The molecule has 196 valence electrons. The Morgan fingerprint density at radius 3 is 2.53 bits per heavy atom. The maximum atomic E-state index is 13.3. The fourth-order valence-corrected chi connectivity index (χ4v) is 6.20. The first-order valence-corrected chi connectivity index (χ1v) is 14.6. The number of carbonyl (C=O) groups excluding carboxylic acids is 1. The summed E-state index contributed by atoms with van der Waals surface area (Å²) < 4.78 is 2.09. The predicted molar refractivity (Wildman–Crippen MR) is 155 cm³/mol. The van der Waals surface area contributed by atoms with Crippen LogP contribution in [0.5, 0.6) is 0 Å². The monoisotopic (exact) mass is 544 g/mol. The Labute approximate surface area is 234 Å². The first kappa shape index (κ1) is 26.5. The van der Waals surface area contributed by atoms with Gasteiger partial charge in [0.1, 0.15) is 0 Å². The van der Waals surface area contributed by atoms with Crippen LogP contribution in [0.25, 0.3) is 5.69 Å². The molecule has 1 heterocycles. The average molecular weight is 545 g/mol. The van der Waals surface area contributed by atoms with Gasteiger partial charge in [0.25, 0.3) is 0 Å². The number of amides is 1. The van der Waals surface area contributed by atoms with Crippen molar-refractivity contribution < 1.29 is 4.79 Å². The van der Waals surface area contributed by atoms with Crippen LogP contribution in [0.2, 0.25) is 5.02 Å². The summed E-state index contributed by atoms with van der Waals surface area (Å²) in [5.74, 6) is 1.65. The molecule has 1 atom stereocenters. The van der Waals surface area contributed by atoms with Gasteiger partial charge in [-0.1, -0.05) is 102 Å². The standard InChI is InChI=1S/C31H33ClN4OS/c1-21-9-8-12-24(17-21)20-38-31-35-34-29(36(31)28-19-26(32)16-15-22(28)2)27(18-23-10-4-3-5-11-23)33-30(37)25-13-6-7-14-25/h3-5,8-12,15-17,19,25,27H,6-7,13-14,18,20H2,1-2H3,(H,33,37). The molecule has 0 radical (unpaired) electrons. The van der Waals surface area contributed by atoms with Crippen LogP contribution in [0.15, 0.2) is 78.0 Å². The number of aromatic nitrogens is 3. The topological polar surface area (TPSA) is 59.8 Å². The highest BCUT2D eigenvalue weighted by atomic mass is 35.5. The Balaban J connectivity index is 1.55. The third kappa shape index (κ3) is 6.30. The third-order valence-electron chi connectivity index (χ3n) is 7.16. The summed E-state index contributed by atoms with van der Waals surface area (Å²) in [6.07, 6.45) is 4.74. The van der Waals surface area contributed by atoms with Crippen LogP contribution in [-0.4, -0.2) is 20.7 Å². The van der Waals surface area contributed by atoms with E-state index in [0.29, 0.717) is 11.4 Å². The van der Waals surface area contributed by atoms with Crippen molar-refractivity contribution in [2.24, 2.45) is 5.92 Å². The summed E-state index contributed by atoms with van der Waals surface area (Å²) in [6.45, 7) is 4.17. The van der Waals surface area contributed by atoms with Gasteiger partial charge >= 0.3 is 0 Å². The molecule has 0 saturated heterocycles. The van der Waals surface area contributed by atoms with Gasteiger partial charge in [-0.25, -0.2) is 0 Å². The number of halogens is 1. The summed E-state index contributed by atoms with van der Waals surface area (Å²) in [5.41, 5.74) is 5.58. The lowest BCUT2D eigenvalue weighted by molar-refractivity contribution is -0.125. The van der Waals surface area contributed by atoms with E-state index in [1.165, 1.54) is 11.1 Å². The van der Waals surface area contributed by atoms with Crippen molar-refractivity contribution in [1.29, 1.82) is 0 Å². The number of nitrogens with zero attached hydrogens (tertiary/aromatic N) is 3. The van der Waals surface area contributed by atoms with Crippen molar-refractivity contribution in [2.45, 2.75) is 62.9 Å². The molecule has 1 aliphatic carbocycles. The Hall–Kier alpha value is -3.09. The van der Waals surface area contributed by atoms with Crippen molar-refractivity contribution in [2.75, 3.05) is 0 Å². The number of aryl methyl sites for hydroxylation is 2. The SMILES string of the molecule is Cc1cccc(CSc2nnc(C(Cc3ccccc3)NC(=O)C3CCCC3)n2-c2cc(Cl)ccc2C)c1. The van der Waals surface area contributed by atoms with Crippen LogP contribution >= 0.6 is 23.4 Å². The Morgan fingerprint density at radius 2 is 1.76 bits per heavy atom. The predicted octanol–water partition coefficient (Wildman–Crippen LogP) is 7.42. The molecular weight excluding hydrogens is 512 g/mol. The zero-order valence-electron chi connectivity index (χ0n) is 21.9. The van der Waals surface area contributed by atoms with Gasteiger partial charge in [-0.3, -0.25) is 9.36 Å². The van der Waals surface area contributed by atoms with Gasteiger partial charge in [-0.05, 0) is 61.9 Å². The maximum Gasteiger partial charge on any atom is 0.223 e. The molecule has 3 aromatic carbocycles. The van der Waals surface area contributed by atoms with Gasteiger partial charge in [0.05, 0.1) is 11.7 Å². The first-order chi connectivity index (χ1) is 18.5. The molecule has 1 fully saturated rings. The van der Waals surface area contributed by atoms with Crippen molar-refractivity contribution >= 4 is 29.3 Å². The Bertz CT molecular complexity index is 1400. The molecule has 5 nitrogen and oxygen atoms in total. The number of nitrogens with one attached hydrogen (secondary N) is 1. The number of benzene rings is 3. The lowest BCUT2D eigenvalue weighted by Gasteiger charge is -2.22. The van der Waals surface area contributed by atoms with Crippen molar-refractivity contribution in [3.63, 3.8) is 0 Å². The first-order valence-electron chi connectivity index (χ1n) is 13.2. The van der Waals surface area contributed by atoms with E-state index in [9.17, 15) is 4.79 Å². The molecular formula is C31H33ClN4OS. The average Bonchev–Trinajstić information content (AvgIpc) is 3.60. The van der Waals surface area contributed by atoms with E-state index in [-0.39, 0.29) is 17.9 Å². The van der Waals surface area contributed by atoms with Gasteiger partial charge in [0, 0.05) is 16.7 Å². The van der Waals surface area contributed by atoms with E-state index in [2.05, 4.69) is 65.2 Å². The second kappa shape index (κ2) is 12.2. The number of rotatable bonds is 9. The fraction of sp³-hybridized carbons (Fsp3) is 0.323. The molecule has 5 rings (SSSR count). The maximum absolute atomic E-state index is 13.3. The second-order valence-electron chi connectivity index (χ2n) is 10.1. The Kier molecular flexibility index (Phi) is 8.50. The van der Waals surface area contributed by atoms with E-state index in [4.69, 9.17) is 16.7 Å². The normalized spacial score (nSPS) is 14.5. The van der Waals surface area contributed by atoms with Crippen molar-refractivity contribution in [1.82, 2.24) is 20.1 Å². The van der Waals surface area contributed by atoms with Crippen LogP contribution in [0.1, 0.15) is 59.8 Å². The van der Waals surface area contributed by atoms with E-state index in [1.807, 2.05) is 36.4 Å². The van der Waals surface area contributed by atoms with Gasteiger partial charge in [-0.2, -0.15) is 0 Å². The Morgan fingerprint density at radius 1 is 1.00 bits per heavy atom. The zero-order chi connectivity index (χ0) is 26.5. The summed E-state index contributed by atoms with van der Waals surface area (Å²) in [4.78, 5) is 13.3. The molecule has 38 heavy (non-hydrogen) atoms. The smallest absolute Gasteiger partial charge is 0.223 e. The summed E-state index contributed by atoms with van der Waals surface area (Å²) in [7, 11) is 0. The molecule has 0 bridgehead atoms. The lowest BCUT2D eigenvalue weighted by atomic mass is 10.0. The van der Waals surface area contributed by atoms with Crippen LogP contribution in [0, 0.1) is 19.8 Å². The van der Waals surface area contributed by atoms with Gasteiger partial charge in [-0.15, -0.1) is 10.2 Å². The number of carbonyl (C=O) groups is 1. The molecule has 1 aliphatic rings. The molecule has 1 saturated carbocycles. The van der Waals surface area contributed by atoms with Crippen LogP contribution in [-0.2, 0) is 17.0 Å². The molecule has 0 aliphatic heterocycles. The van der Waals surface area contributed by atoms with Crippen LogP contribution in [0.3, 0.4) is 0 Å². The zero-order valence-corrected chi connectivity index (χ0v) is 23.4. The highest BCUT2D eigenvalue weighted by Crippen LogP contribution is 2.32. The molecule has 1 N–H and O–H groups in total. The van der Waals surface area contributed by atoms with Gasteiger partial charge in [0.15, 0.2) is 11.0 Å². The summed E-state index contributed by atoms with van der Waals surface area (Å²) in [5, 5.41) is 14.1. The van der Waals surface area contributed by atoms with E-state index in [1.54, 1.807) is 11.8 Å². The van der Waals surface area contributed by atoms with E-state index in [0.717, 1.165) is 59.2 Å². The lowest BCUT2D eigenvalue weighted by Crippen LogP contribution is -2.35. The molecule has 1 aromatic heterocycles. The molecule has 1 unspecified atom stereocenters. The number of hydrogen-bond acceptors (Lipinski definition) is 4. The summed E-state index contributed by atoms with van der Waals surface area (Å²) >= 11 is 8.12. The highest BCUT2D eigenvalue weighted by molar-refractivity contribution is 7.98. The highest BCUT2D eigenvalue weighted by Gasteiger charge is 2.29. The molecule has 1 amide bonds.